The van der Waals surface area contributed by atoms with Crippen molar-refractivity contribution in [2.45, 2.75) is 24.8 Å². The average molecular weight is 300 g/mol. The fourth-order valence-corrected chi connectivity index (χ4v) is 3.20. The lowest BCUT2D eigenvalue weighted by Crippen LogP contribution is -2.02. The van der Waals surface area contributed by atoms with Gasteiger partial charge in [-0.2, -0.15) is 0 Å². The minimum atomic E-state index is -0.299. The number of aryl methyl sites for hydroxylation is 3. The molecule has 21 heavy (non-hydrogen) atoms. The lowest BCUT2D eigenvalue weighted by atomic mass is 10.0. The van der Waals surface area contributed by atoms with Gasteiger partial charge in [0.15, 0.2) is 5.16 Å². The minimum absolute atomic E-state index is 0.299. The average Bonchev–Trinajstić information content (AvgIpc) is 2.86. The van der Waals surface area contributed by atoms with Crippen LogP contribution in [0.5, 0.6) is 0 Å². The highest BCUT2D eigenvalue weighted by atomic mass is 32.2. The second-order valence-electron chi connectivity index (χ2n) is 5.08. The van der Waals surface area contributed by atoms with Gasteiger partial charge in [0.25, 0.3) is 0 Å². The fraction of sp³-hybridized carbons (Fsp3) is 0.250. The second-order valence-corrected chi connectivity index (χ2v) is 6.03. The molecule has 0 N–H and O–H groups in total. The van der Waals surface area contributed by atoms with Crippen molar-refractivity contribution in [3.8, 4) is 0 Å². The Morgan fingerprint density at radius 3 is 2.86 bits per heavy atom. The molecule has 0 aliphatic heterocycles. The van der Waals surface area contributed by atoms with Crippen molar-refractivity contribution in [1.82, 2.24) is 9.55 Å². The predicted molar refractivity (Wildman–Crippen MR) is 84.7 cm³/mol. The Bertz CT molecular complexity index is 864. The van der Waals surface area contributed by atoms with Gasteiger partial charge >= 0.3 is 5.63 Å². The Labute approximate surface area is 126 Å². The monoisotopic (exact) mass is 300 g/mol. The van der Waals surface area contributed by atoms with E-state index in [2.05, 4.69) is 11.1 Å². The molecular weight excluding hydrogens is 284 g/mol. The van der Waals surface area contributed by atoms with Gasteiger partial charge in [-0.3, -0.25) is 0 Å². The van der Waals surface area contributed by atoms with Gasteiger partial charge in [0.05, 0.1) is 0 Å². The summed E-state index contributed by atoms with van der Waals surface area (Å²) in [7, 11) is 1.96. The molecule has 1 aromatic carbocycles. The summed E-state index contributed by atoms with van der Waals surface area (Å²) in [4.78, 5) is 16.1. The number of imidazole rings is 1. The van der Waals surface area contributed by atoms with E-state index in [4.69, 9.17) is 4.42 Å². The van der Waals surface area contributed by atoms with Crippen LogP contribution in [0.25, 0.3) is 11.0 Å². The van der Waals surface area contributed by atoms with Crippen LogP contribution < -0.4 is 5.63 Å². The van der Waals surface area contributed by atoms with E-state index in [9.17, 15) is 4.79 Å². The fourth-order valence-electron chi connectivity index (χ4n) is 2.28. The SMILES string of the molecule is Cc1ccc2c(CSc3nccn3C)cc(=O)oc2c1C. The zero-order valence-corrected chi connectivity index (χ0v) is 13.0. The van der Waals surface area contributed by atoms with Gasteiger partial charge < -0.3 is 8.98 Å². The standard InChI is InChI=1S/C16H16N2O2S/c1-10-4-5-13-12(8-14(19)20-15(13)11(10)2)9-21-16-17-6-7-18(16)3/h4-8H,9H2,1-3H3. The maximum atomic E-state index is 11.8. The Balaban J connectivity index is 2.04. The van der Waals surface area contributed by atoms with Crippen molar-refractivity contribution in [3.63, 3.8) is 0 Å². The molecule has 0 bridgehead atoms. The summed E-state index contributed by atoms with van der Waals surface area (Å²) in [6.45, 7) is 4.00. The molecule has 0 aliphatic carbocycles. The van der Waals surface area contributed by atoms with Crippen LogP contribution in [0.15, 0.2) is 45.0 Å². The highest BCUT2D eigenvalue weighted by Gasteiger charge is 2.10. The first-order valence-corrected chi connectivity index (χ1v) is 7.68. The van der Waals surface area contributed by atoms with Gasteiger partial charge in [-0.05, 0) is 30.5 Å². The van der Waals surface area contributed by atoms with E-state index in [0.29, 0.717) is 11.3 Å². The molecule has 4 nitrogen and oxygen atoms in total. The largest absolute Gasteiger partial charge is 0.422 e. The zero-order chi connectivity index (χ0) is 15.0. The molecule has 0 atom stereocenters. The van der Waals surface area contributed by atoms with Crippen molar-refractivity contribution in [3.05, 3.63) is 57.7 Å². The Morgan fingerprint density at radius 2 is 2.14 bits per heavy atom. The molecule has 0 saturated heterocycles. The molecule has 2 heterocycles. The zero-order valence-electron chi connectivity index (χ0n) is 12.2. The number of hydrogen-bond acceptors (Lipinski definition) is 4. The third-order valence-electron chi connectivity index (χ3n) is 3.65. The number of aromatic nitrogens is 2. The lowest BCUT2D eigenvalue weighted by Gasteiger charge is -2.08. The molecule has 2 aromatic heterocycles. The molecule has 0 fully saturated rings. The number of rotatable bonds is 3. The summed E-state index contributed by atoms with van der Waals surface area (Å²) in [6, 6.07) is 5.66. The normalized spacial score (nSPS) is 11.2. The van der Waals surface area contributed by atoms with Crippen LogP contribution in [0.2, 0.25) is 0 Å². The van der Waals surface area contributed by atoms with E-state index in [1.165, 1.54) is 0 Å². The van der Waals surface area contributed by atoms with Crippen LogP contribution in [-0.2, 0) is 12.8 Å². The van der Waals surface area contributed by atoms with Gasteiger partial charge in [-0.1, -0.05) is 23.9 Å². The quantitative estimate of drug-likeness (QED) is 0.549. The summed E-state index contributed by atoms with van der Waals surface area (Å²) in [5.74, 6) is 0.690. The molecule has 0 spiro atoms. The first kappa shape index (κ1) is 13.9. The lowest BCUT2D eigenvalue weighted by molar-refractivity contribution is 0.557. The third kappa shape index (κ3) is 2.61. The van der Waals surface area contributed by atoms with Crippen LogP contribution >= 0.6 is 11.8 Å². The van der Waals surface area contributed by atoms with E-state index in [1.54, 1.807) is 24.0 Å². The molecular formula is C16H16N2O2S. The smallest absolute Gasteiger partial charge is 0.336 e. The molecule has 5 heteroatoms. The highest BCUT2D eigenvalue weighted by Crippen LogP contribution is 2.27. The summed E-state index contributed by atoms with van der Waals surface area (Å²) < 4.78 is 7.35. The van der Waals surface area contributed by atoms with Crippen molar-refractivity contribution in [1.29, 1.82) is 0 Å². The first-order valence-electron chi connectivity index (χ1n) is 6.69. The first-order chi connectivity index (χ1) is 10.1. The van der Waals surface area contributed by atoms with Gasteiger partial charge in [-0.15, -0.1) is 0 Å². The van der Waals surface area contributed by atoms with Crippen molar-refractivity contribution in [2.75, 3.05) is 0 Å². The Kier molecular flexibility index (Phi) is 3.59. The third-order valence-corrected chi connectivity index (χ3v) is 4.76. The van der Waals surface area contributed by atoms with Gasteiger partial charge in [-0.25, -0.2) is 9.78 Å². The van der Waals surface area contributed by atoms with Crippen molar-refractivity contribution >= 4 is 22.7 Å². The molecule has 108 valence electrons. The molecule has 0 unspecified atom stereocenters. The van der Waals surface area contributed by atoms with Crippen molar-refractivity contribution < 1.29 is 4.42 Å². The maximum absolute atomic E-state index is 11.8. The van der Waals surface area contributed by atoms with Gasteiger partial charge in [0.1, 0.15) is 5.58 Å². The second kappa shape index (κ2) is 5.41. The van der Waals surface area contributed by atoms with E-state index in [-0.39, 0.29) is 5.63 Å². The van der Waals surface area contributed by atoms with E-state index in [0.717, 1.165) is 27.2 Å². The topological polar surface area (TPSA) is 48.0 Å². The molecule has 0 radical (unpaired) electrons. The molecule has 0 saturated carbocycles. The number of nitrogens with zero attached hydrogens (tertiary/aromatic N) is 2. The Hall–Kier alpha value is -2.01. The van der Waals surface area contributed by atoms with Crippen LogP contribution in [0.1, 0.15) is 16.7 Å². The van der Waals surface area contributed by atoms with E-state index < -0.39 is 0 Å². The highest BCUT2D eigenvalue weighted by molar-refractivity contribution is 7.98. The van der Waals surface area contributed by atoms with Crippen LogP contribution in [0.3, 0.4) is 0 Å². The number of hydrogen-bond donors (Lipinski definition) is 0. The summed E-state index contributed by atoms with van der Waals surface area (Å²) >= 11 is 1.61. The molecule has 3 aromatic rings. The summed E-state index contributed by atoms with van der Waals surface area (Å²) in [6.07, 6.45) is 3.68. The van der Waals surface area contributed by atoms with Crippen LogP contribution in [0, 0.1) is 13.8 Å². The van der Waals surface area contributed by atoms with E-state index in [1.807, 2.05) is 37.7 Å². The number of thioether (sulfide) groups is 1. The molecule has 0 amide bonds. The van der Waals surface area contributed by atoms with E-state index >= 15 is 0 Å². The van der Waals surface area contributed by atoms with Crippen LogP contribution in [-0.4, -0.2) is 9.55 Å². The predicted octanol–water partition coefficient (Wildman–Crippen LogP) is 3.44. The minimum Gasteiger partial charge on any atom is -0.422 e. The summed E-state index contributed by atoms with van der Waals surface area (Å²) in [5, 5.41) is 1.93. The number of benzene rings is 1. The number of fused-ring (bicyclic) bond motifs is 1. The molecule has 3 rings (SSSR count). The summed E-state index contributed by atoms with van der Waals surface area (Å²) in [5.41, 5.74) is 3.52. The maximum Gasteiger partial charge on any atom is 0.336 e. The Morgan fingerprint density at radius 1 is 1.33 bits per heavy atom. The van der Waals surface area contributed by atoms with Crippen molar-refractivity contribution in [2.24, 2.45) is 7.05 Å². The van der Waals surface area contributed by atoms with Crippen LogP contribution in [0.4, 0.5) is 0 Å². The molecule has 0 aliphatic rings. The van der Waals surface area contributed by atoms with Gasteiger partial charge in [0.2, 0.25) is 0 Å². The van der Waals surface area contributed by atoms with Gasteiger partial charge in [0, 0.05) is 36.6 Å².